The molecular weight excluding hydrogens is 473 g/mol. The zero-order chi connectivity index (χ0) is 19.5. The lowest BCUT2D eigenvalue weighted by molar-refractivity contribution is 0.256. The molecule has 2 saturated heterocycles. The number of aliphatic imine (C=N–C) groups is 1. The molecule has 4 rings (SSSR count). The first-order chi connectivity index (χ1) is 13.6. The third-order valence-corrected chi connectivity index (χ3v) is 6.75. The van der Waals surface area contributed by atoms with Crippen molar-refractivity contribution in [2.75, 3.05) is 31.6 Å². The maximum Gasteiger partial charge on any atom is 0.191 e. The number of hydrogen-bond acceptors (Lipinski definition) is 3. The number of guanidine groups is 1. The van der Waals surface area contributed by atoms with Gasteiger partial charge in [0.2, 0.25) is 0 Å². The summed E-state index contributed by atoms with van der Waals surface area (Å²) in [6.45, 7) is 9.06. The van der Waals surface area contributed by atoms with Gasteiger partial charge in [0.05, 0.1) is 0 Å². The molecule has 2 heterocycles. The van der Waals surface area contributed by atoms with Crippen LogP contribution in [0.25, 0.3) is 0 Å². The summed E-state index contributed by atoms with van der Waals surface area (Å²) in [4.78, 5) is 9.63. The van der Waals surface area contributed by atoms with Crippen LogP contribution in [0.15, 0.2) is 29.3 Å². The van der Waals surface area contributed by atoms with Gasteiger partial charge in [-0.15, -0.1) is 24.0 Å². The van der Waals surface area contributed by atoms with E-state index >= 15 is 0 Å². The predicted octanol–water partition coefficient (Wildman–Crippen LogP) is 3.83. The van der Waals surface area contributed by atoms with Crippen molar-refractivity contribution in [2.24, 2.45) is 10.9 Å². The van der Waals surface area contributed by atoms with Crippen molar-refractivity contribution < 1.29 is 0 Å². The first-order valence-corrected chi connectivity index (χ1v) is 11.2. The quantitative estimate of drug-likeness (QED) is 0.359. The highest BCUT2D eigenvalue weighted by Crippen LogP contribution is 2.33. The maximum absolute atomic E-state index is 4.44. The van der Waals surface area contributed by atoms with Crippen LogP contribution in [0.5, 0.6) is 0 Å². The van der Waals surface area contributed by atoms with Crippen molar-refractivity contribution in [1.29, 1.82) is 0 Å². The van der Waals surface area contributed by atoms with E-state index in [4.69, 9.17) is 0 Å². The number of benzene rings is 1. The van der Waals surface area contributed by atoms with Gasteiger partial charge in [-0.05, 0) is 62.6 Å². The molecule has 1 aromatic rings. The number of nitrogens with zero attached hydrogens (tertiary/aromatic N) is 3. The Morgan fingerprint density at radius 3 is 2.38 bits per heavy atom. The number of likely N-dealkylation sites (tertiary alicyclic amines) is 1. The third-order valence-electron chi connectivity index (χ3n) is 6.75. The minimum absolute atomic E-state index is 0. The molecule has 3 aliphatic rings. The molecule has 2 aliphatic heterocycles. The summed E-state index contributed by atoms with van der Waals surface area (Å²) in [5, 5.41) is 7.13. The molecular formula is C23H38IN5. The lowest BCUT2D eigenvalue weighted by Crippen LogP contribution is -2.44. The highest BCUT2D eigenvalue weighted by molar-refractivity contribution is 14.0. The highest BCUT2D eigenvalue weighted by atomic mass is 127. The second-order valence-corrected chi connectivity index (χ2v) is 9.12. The summed E-state index contributed by atoms with van der Waals surface area (Å²) in [6, 6.07) is 11.1. The van der Waals surface area contributed by atoms with Crippen molar-refractivity contribution in [3.63, 3.8) is 0 Å². The molecule has 0 bridgehead atoms. The Morgan fingerprint density at radius 1 is 1.07 bits per heavy atom. The Labute approximate surface area is 193 Å². The van der Waals surface area contributed by atoms with Crippen LogP contribution in [0.2, 0.25) is 0 Å². The molecule has 0 amide bonds. The summed E-state index contributed by atoms with van der Waals surface area (Å²) in [6.07, 6.45) is 6.60. The van der Waals surface area contributed by atoms with E-state index in [0.29, 0.717) is 12.1 Å². The van der Waals surface area contributed by atoms with Crippen molar-refractivity contribution in [3.05, 3.63) is 29.8 Å². The smallest absolute Gasteiger partial charge is 0.191 e. The van der Waals surface area contributed by atoms with Crippen LogP contribution < -0.4 is 15.5 Å². The maximum atomic E-state index is 4.44. The lowest BCUT2D eigenvalue weighted by atomic mass is 9.99. The van der Waals surface area contributed by atoms with Crippen LogP contribution in [-0.2, 0) is 6.54 Å². The molecule has 1 aromatic carbocycles. The SMILES string of the molecule is CN=C(NCc1ccc(N2CCC(C)CC2)cc1)NC1CC(C)N(C2CC2)C1.I. The van der Waals surface area contributed by atoms with Gasteiger partial charge >= 0.3 is 0 Å². The number of halogens is 1. The van der Waals surface area contributed by atoms with Crippen molar-refractivity contribution >= 4 is 35.6 Å². The fraction of sp³-hybridized carbons (Fsp3) is 0.696. The molecule has 0 spiro atoms. The number of hydrogen-bond donors (Lipinski definition) is 2. The fourth-order valence-corrected chi connectivity index (χ4v) is 4.74. The second kappa shape index (κ2) is 10.3. The van der Waals surface area contributed by atoms with Crippen LogP contribution in [0.1, 0.15) is 51.5 Å². The molecule has 0 aromatic heterocycles. The van der Waals surface area contributed by atoms with Gasteiger partial charge in [-0.2, -0.15) is 0 Å². The van der Waals surface area contributed by atoms with Crippen LogP contribution >= 0.6 is 24.0 Å². The van der Waals surface area contributed by atoms with E-state index in [1.165, 1.54) is 56.4 Å². The molecule has 1 saturated carbocycles. The van der Waals surface area contributed by atoms with E-state index in [9.17, 15) is 0 Å². The molecule has 2 unspecified atom stereocenters. The van der Waals surface area contributed by atoms with Crippen molar-refractivity contribution in [3.8, 4) is 0 Å². The van der Waals surface area contributed by atoms with Gasteiger partial charge in [0.25, 0.3) is 0 Å². The molecule has 5 nitrogen and oxygen atoms in total. The van der Waals surface area contributed by atoms with Crippen LogP contribution in [-0.4, -0.2) is 55.7 Å². The molecule has 29 heavy (non-hydrogen) atoms. The Morgan fingerprint density at radius 2 is 1.76 bits per heavy atom. The first-order valence-electron chi connectivity index (χ1n) is 11.2. The number of rotatable bonds is 5. The van der Waals surface area contributed by atoms with E-state index in [2.05, 4.69) is 63.5 Å². The lowest BCUT2D eigenvalue weighted by Gasteiger charge is -2.32. The van der Waals surface area contributed by atoms with Gasteiger partial charge in [0.15, 0.2) is 5.96 Å². The van der Waals surface area contributed by atoms with Gasteiger partial charge in [0.1, 0.15) is 0 Å². The monoisotopic (exact) mass is 511 g/mol. The van der Waals surface area contributed by atoms with Crippen molar-refractivity contribution in [1.82, 2.24) is 15.5 Å². The largest absolute Gasteiger partial charge is 0.372 e. The number of nitrogens with one attached hydrogen (secondary N) is 2. The summed E-state index contributed by atoms with van der Waals surface area (Å²) in [5.41, 5.74) is 2.66. The summed E-state index contributed by atoms with van der Waals surface area (Å²) in [7, 11) is 1.87. The topological polar surface area (TPSA) is 42.9 Å². The van der Waals surface area contributed by atoms with Crippen LogP contribution in [0.4, 0.5) is 5.69 Å². The zero-order valence-electron chi connectivity index (χ0n) is 18.2. The average molecular weight is 511 g/mol. The van der Waals surface area contributed by atoms with E-state index in [1.807, 2.05) is 7.05 Å². The minimum Gasteiger partial charge on any atom is -0.372 e. The van der Waals surface area contributed by atoms with Gasteiger partial charge in [0, 0.05) is 57.0 Å². The van der Waals surface area contributed by atoms with Gasteiger partial charge in [-0.1, -0.05) is 19.1 Å². The van der Waals surface area contributed by atoms with E-state index < -0.39 is 0 Å². The predicted molar refractivity (Wildman–Crippen MR) is 133 cm³/mol. The van der Waals surface area contributed by atoms with Crippen molar-refractivity contribution in [2.45, 2.75) is 70.6 Å². The first kappa shape index (κ1) is 22.7. The highest BCUT2D eigenvalue weighted by Gasteiger charge is 2.38. The van der Waals surface area contributed by atoms with E-state index in [0.717, 1.165) is 31.0 Å². The third kappa shape index (κ3) is 6.00. The molecule has 1 aliphatic carbocycles. The normalized spacial score (nSPS) is 26.3. The summed E-state index contributed by atoms with van der Waals surface area (Å²) < 4.78 is 0. The minimum atomic E-state index is 0. The van der Waals surface area contributed by atoms with Gasteiger partial charge < -0.3 is 15.5 Å². The molecule has 2 N–H and O–H groups in total. The number of piperidine rings is 1. The van der Waals surface area contributed by atoms with Gasteiger partial charge in [-0.25, -0.2) is 0 Å². The Balaban J connectivity index is 0.00000240. The van der Waals surface area contributed by atoms with Gasteiger partial charge in [-0.3, -0.25) is 9.89 Å². The Hall–Kier alpha value is -1.02. The Kier molecular flexibility index (Phi) is 8.07. The average Bonchev–Trinajstić information content (AvgIpc) is 3.49. The Bertz CT molecular complexity index is 664. The second-order valence-electron chi connectivity index (χ2n) is 9.12. The molecule has 3 fully saturated rings. The molecule has 0 radical (unpaired) electrons. The van der Waals surface area contributed by atoms with E-state index in [1.54, 1.807) is 0 Å². The summed E-state index contributed by atoms with van der Waals surface area (Å²) >= 11 is 0. The number of anilines is 1. The van der Waals surface area contributed by atoms with Crippen LogP contribution in [0.3, 0.4) is 0 Å². The fourth-order valence-electron chi connectivity index (χ4n) is 4.74. The van der Waals surface area contributed by atoms with E-state index in [-0.39, 0.29) is 24.0 Å². The molecule has 2 atom stereocenters. The summed E-state index contributed by atoms with van der Waals surface area (Å²) in [5.74, 6) is 1.79. The molecule has 162 valence electrons. The standard InChI is InChI=1S/C23H37N5.HI/c1-17-10-12-27(13-11-17)21-6-4-19(5-7-21)15-25-23(24-3)26-20-14-18(2)28(16-20)22-8-9-22;/h4-7,17-18,20,22H,8-16H2,1-3H3,(H2,24,25,26);1H. The molecule has 6 heteroatoms. The zero-order valence-corrected chi connectivity index (χ0v) is 20.6. The van der Waals surface area contributed by atoms with Crippen LogP contribution in [0, 0.1) is 5.92 Å².